The lowest BCUT2D eigenvalue weighted by Gasteiger charge is -2.12. The molecule has 2 heterocycles. The van der Waals surface area contributed by atoms with Crippen molar-refractivity contribution in [2.45, 2.75) is 13.5 Å². The number of methoxy groups -OCH3 is 1. The number of hydrogen-bond donors (Lipinski definition) is 0. The smallest absolute Gasteiger partial charge is 0.231 e. The number of carbonyl (C=O) groups excluding carboxylic acids is 1. The van der Waals surface area contributed by atoms with Gasteiger partial charge in [0.25, 0.3) is 0 Å². The van der Waals surface area contributed by atoms with Crippen LogP contribution in [-0.2, 0) is 13.7 Å². The summed E-state index contributed by atoms with van der Waals surface area (Å²) in [5, 5.41) is 1.95. The Bertz CT molecular complexity index is 1490. The third-order valence-electron chi connectivity index (χ3n) is 5.93. The van der Waals surface area contributed by atoms with Crippen LogP contribution >= 0.6 is 23.2 Å². The molecule has 3 aromatic carbocycles. The molecule has 0 saturated carbocycles. The predicted octanol–water partition coefficient (Wildman–Crippen LogP) is 7.00. The van der Waals surface area contributed by atoms with Crippen LogP contribution in [0.25, 0.3) is 17.0 Å². The zero-order chi connectivity index (χ0) is 24.0. The highest BCUT2D eigenvalue weighted by atomic mass is 35.5. The van der Waals surface area contributed by atoms with E-state index in [0.717, 1.165) is 33.3 Å². The first kappa shape index (κ1) is 22.4. The summed E-state index contributed by atoms with van der Waals surface area (Å²) in [4.78, 5) is 13.1. The monoisotopic (exact) mass is 493 g/mol. The molecule has 0 fully saturated rings. The van der Waals surface area contributed by atoms with E-state index in [1.165, 1.54) is 0 Å². The van der Waals surface area contributed by atoms with E-state index in [4.69, 9.17) is 37.4 Å². The van der Waals surface area contributed by atoms with Crippen molar-refractivity contribution in [3.05, 3.63) is 92.8 Å². The average molecular weight is 494 g/mol. The second-order valence-corrected chi connectivity index (χ2v) is 8.94. The van der Waals surface area contributed by atoms with Gasteiger partial charge in [-0.3, -0.25) is 4.79 Å². The molecule has 1 aliphatic rings. The lowest BCUT2D eigenvalue weighted by Crippen LogP contribution is -1.98. The van der Waals surface area contributed by atoms with Crippen molar-refractivity contribution in [2.75, 3.05) is 7.11 Å². The lowest BCUT2D eigenvalue weighted by atomic mass is 10.1. The number of rotatable bonds is 5. The second kappa shape index (κ2) is 8.75. The number of aryl methyl sites for hydroxylation is 1. The number of carbonyl (C=O) groups is 1. The Morgan fingerprint density at radius 2 is 1.88 bits per heavy atom. The number of ether oxygens (including phenoxy) is 3. The highest BCUT2D eigenvalue weighted by molar-refractivity contribution is 6.42. The second-order valence-electron chi connectivity index (χ2n) is 8.12. The van der Waals surface area contributed by atoms with Crippen molar-refractivity contribution < 1.29 is 19.0 Å². The Balaban J connectivity index is 1.43. The Morgan fingerprint density at radius 3 is 2.65 bits per heavy atom. The molecule has 4 aromatic rings. The maximum absolute atomic E-state index is 13.1. The van der Waals surface area contributed by atoms with Gasteiger partial charge in [0.1, 0.15) is 23.9 Å². The van der Waals surface area contributed by atoms with E-state index < -0.39 is 0 Å². The molecule has 34 heavy (non-hydrogen) atoms. The van der Waals surface area contributed by atoms with Gasteiger partial charge in [-0.15, -0.1) is 0 Å². The van der Waals surface area contributed by atoms with Crippen molar-refractivity contribution in [2.24, 2.45) is 7.05 Å². The molecule has 172 valence electrons. The quantitative estimate of drug-likeness (QED) is 0.281. The molecule has 0 amide bonds. The van der Waals surface area contributed by atoms with Gasteiger partial charge < -0.3 is 18.8 Å². The van der Waals surface area contributed by atoms with E-state index in [1.807, 2.05) is 49.0 Å². The van der Waals surface area contributed by atoms with Gasteiger partial charge in [0.15, 0.2) is 5.76 Å². The normalized spacial score (nSPS) is 13.9. The van der Waals surface area contributed by atoms with E-state index in [1.54, 1.807) is 37.5 Å². The predicted molar refractivity (Wildman–Crippen MR) is 134 cm³/mol. The summed E-state index contributed by atoms with van der Waals surface area (Å²) in [5.74, 6) is 2.01. The summed E-state index contributed by atoms with van der Waals surface area (Å²) >= 11 is 12.1. The van der Waals surface area contributed by atoms with E-state index in [2.05, 4.69) is 0 Å². The molecule has 0 N–H and O–H groups in total. The molecule has 0 aliphatic carbocycles. The minimum atomic E-state index is -0.158. The Labute approximate surface area is 207 Å². The first-order valence-corrected chi connectivity index (χ1v) is 11.4. The van der Waals surface area contributed by atoms with Gasteiger partial charge in [0.2, 0.25) is 5.78 Å². The Hall–Kier alpha value is -3.41. The fourth-order valence-corrected chi connectivity index (χ4v) is 4.42. The third-order valence-corrected chi connectivity index (χ3v) is 6.67. The molecule has 0 saturated heterocycles. The average Bonchev–Trinajstić information content (AvgIpc) is 3.32. The van der Waals surface area contributed by atoms with Crippen LogP contribution in [0.15, 0.2) is 60.5 Å². The van der Waals surface area contributed by atoms with Gasteiger partial charge in [0.05, 0.1) is 22.7 Å². The number of ketones is 1. The van der Waals surface area contributed by atoms with Gasteiger partial charge in [-0.25, -0.2) is 0 Å². The third kappa shape index (κ3) is 3.91. The highest BCUT2D eigenvalue weighted by Crippen LogP contribution is 2.40. The molecule has 0 spiro atoms. The van der Waals surface area contributed by atoms with E-state index >= 15 is 0 Å². The molecule has 0 atom stereocenters. The minimum Gasteiger partial charge on any atom is -0.497 e. The number of fused-ring (bicyclic) bond motifs is 2. The summed E-state index contributed by atoms with van der Waals surface area (Å²) in [5.41, 5.74) is 4.07. The van der Waals surface area contributed by atoms with Crippen LogP contribution < -0.4 is 14.2 Å². The maximum atomic E-state index is 13.1. The largest absolute Gasteiger partial charge is 0.497 e. The zero-order valence-corrected chi connectivity index (χ0v) is 20.3. The summed E-state index contributed by atoms with van der Waals surface area (Å²) in [6, 6.07) is 14.7. The van der Waals surface area contributed by atoms with Crippen LogP contribution in [-0.4, -0.2) is 17.5 Å². The summed E-state index contributed by atoms with van der Waals surface area (Å²) in [6.07, 6.45) is 3.75. The van der Waals surface area contributed by atoms with E-state index in [-0.39, 0.29) is 11.5 Å². The zero-order valence-electron chi connectivity index (χ0n) is 18.8. The number of benzene rings is 3. The van der Waals surface area contributed by atoms with Crippen molar-refractivity contribution in [1.29, 1.82) is 0 Å². The molecule has 0 unspecified atom stereocenters. The van der Waals surface area contributed by atoms with Crippen LogP contribution in [0.3, 0.4) is 0 Å². The first-order chi connectivity index (χ1) is 16.4. The van der Waals surface area contributed by atoms with Crippen molar-refractivity contribution in [3.8, 4) is 17.2 Å². The van der Waals surface area contributed by atoms with Crippen LogP contribution in [0.5, 0.6) is 17.2 Å². The van der Waals surface area contributed by atoms with Crippen molar-refractivity contribution >= 4 is 46.0 Å². The lowest BCUT2D eigenvalue weighted by molar-refractivity contribution is 0.101. The molecule has 5 nitrogen and oxygen atoms in total. The van der Waals surface area contributed by atoms with Crippen molar-refractivity contribution in [3.63, 3.8) is 0 Å². The molecular formula is C27H21Cl2NO4. The van der Waals surface area contributed by atoms with Crippen LogP contribution in [0, 0.1) is 6.92 Å². The molecule has 0 radical (unpaired) electrons. The molecule has 1 aromatic heterocycles. The number of Topliss-reactive ketones (excluding diaryl/α,β-unsaturated/α-hetero) is 1. The molecule has 0 bridgehead atoms. The maximum Gasteiger partial charge on any atom is 0.231 e. The first-order valence-electron chi connectivity index (χ1n) is 10.6. The van der Waals surface area contributed by atoms with Gasteiger partial charge in [-0.05, 0) is 61.0 Å². The number of allylic oxidation sites excluding steroid dienone is 1. The number of aromatic nitrogens is 1. The standard InChI is InChI=1S/C27H21Cl2NO4/c1-15-24(33-14-16-4-7-21(28)22(29)10-16)9-6-19-26(31)25(34-27(15)19)11-17-13-30(2)23-8-5-18(32-3)12-20(17)23/h4-13H,14H2,1-3H3/b25-11+. The van der Waals surface area contributed by atoms with Crippen LogP contribution in [0.1, 0.15) is 27.0 Å². The van der Waals surface area contributed by atoms with Gasteiger partial charge in [-0.2, -0.15) is 0 Å². The number of halogens is 2. The number of hydrogen-bond acceptors (Lipinski definition) is 4. The minimum absolute atomic E-state index is 0.158. The van der Waals surface area contributed by atoms with Crippen LogP contribution in [0.2, 0.25) is 10.0 Å². The van der Waals surface area contributed by atoms with Gasteiger partial charge in [-0.1, -0.05) is 29.3 Å². The van der Waals surface area contributed by atoms with Crippen LogP contribution in [0.4, 0.5) is 0 Å². The van der Waals surface area contributed by atoms with Crippen molar-refractivity contribution in [1.82, 2.24) is 4.57 Å². The molecular weight excluding hydrogens is 473 g/mol. The fourth-order valence-electron chi connectivity index (χ4n) is 4.10. The topological polar surface area (TPSA) is 49.7 Å². The molecule has 5 rings (SSSR count). The Morgan fingerprint density at radius 1 is 1.06 bits per heavy atom. The summed E-state index contributed by atoms with van der Waals surface area (Å²) < 4.78 is 19.4. The fraction of sp³-hybridized carbons (Fsp3) is 0.148. The van der Waals surface area contributed by atoms with E-state index in [0.29, 0.717) is 33.7 Å². The van der Waals surface area contributed by atoms with E-state index in [9.17, 15) is 4.79 Å². The molecule has 1 aliphatic heterocycles. The van der Waals surface area contributed by atoms with Gasteiger partial charge in [0, 0.05) is 35.3 Å². The number of nitrogens with zero attached hydrogens (tertiary/aromatic N) is 1. The highest BCUT2D eigenvalue weighted by Gasteiger charge is 2.30. The summed E-state index contributed by atoms with van der Waals surface area (Å²) in [7, 11) is 3.59. The Kier molecular flexibility index (Phi) is 5.76. The van der Waals surface area contributed by atoms with Gasteiger partial charge >= 0.3 is 0 Å². The SMILES string of the molecule is COc1ccc2c(c1)c(/C=C1/Oc3c(ccc(OCc4ccc(Cl)c(Cl)c4)c3C)C1=O)cn2C. The summed E-state index contributed by atoms with van der Waals surface area (Å²) in [6.45, 7) is 2.19. The molecule has 7 heteroatoms.